The molecule has 0 unspecified atom stereocenters. The Morgan fingerprint density at radius 1 is 1.03 bits per heavy atom. The van der Waals surface area contributed by atoms with Gasteiger partial charge in [0.1, 0.15) is 12.2 Å². The average molecular weight is 507 g/mol. The van der Waals surface area contributed by atoms with Crippen molar-refractivity contribution >= 4 is 23.1 Å². The Bertz CT molecular complexity index is 1130. The molecule has 4 heterocycles. The van der Waals surface area contributed by atoms with Crippen LogP contribution in [0.2, 0.25) is 5.02 Å². The van der Waals surface area contributed by atoms with Gasteiger partial charge in [0.05, 0.1) is 10.6 Å². The first kappa shape index (κ1) is 23.8. The Morgan fingerprint density at radius 3 is 2.47 bits per heavy atom. The number of nitriles is 1. The number of nitrogens with one attached hydrogen (secondary N) is 1. The zero-order valence-corrected chi connectivity index (χ0v) is 21.8. The van der Waals surface area contributed by atoms with Crippen LogP contribution in [0.15, 0.2) is 30.3 Å². The molecule has 1 aliphatic carbocycles. The van der Waals surface area contributed by atoms with Crippen molar-refractivity contribution in [2.24, 2.45) is 10.8 Å². The summed E-state index contributed by atoms with van der Waals surface area (Å²) in [4.78, 5) is 4.82. The predicted octanol–water partition coefficient (Wildman–Crippen LogP) is 4.80. The molecule has 0 radical (unpaired) electrons. The highest BCUT2D eigenvalue weighted by Gasteiger charge is 2.46. The summed E-state index contributed by atoms with van der Waals surface area (Å²) in [5, 5.41) is 22.1. The number of piperidine rings is 2. The molecular weight excluding hydrogens is 472 g/mol. The summed E-state index contributed by atoms with van der Waals surface area (Å²) in [7, 11) is 0. The minimum atomic E-state index is 0.288. The Kier molecular flexibility index (Phi) is 6.21. The zero-order valence-electron chi connectivity index (χ0n) is 21.0. The van der Waals surface area contributed by atoms with Crippen molar-refractivity contribution in [1.29, 1.82) is 5.26 Å². The molecule has 2 aromatic rings. The maximum atomic E-state index is 9.19. The van der Waals surface area contributed by atoms with Crippen LogP contribution in [0.5, 0.6) is 5.88 Å². The number of halogens is 1. The van der Waals surface area contributed by atoms with Crippen LogP contribution in [0.3, 0.4) is 0 Å². The van der Waals surface area contributed by atoms with Crippen molar-refractivity contribution in [2.75, 3.05) is 42.5 Å². The number of ether oxygens (including phenoxy) is 1. The largest absolute Gasteiger partial charge is 0.473 e. The van der Waals surface area contributed by atoms with E-state index in [-0.39, 0.29) is 6.10 Å². The van der Waals surface area contributed by atoms with Gasteiger partial charge in [-0.05, 0) is 100 Å². The van der Waals surface area contributed by atoms with Crippen LogP contribution >= 0.6 is 11.6 Å². The lowest BCUT2D eigenvalue weighted by Gasteiger charge is -2.49. The van der Waals surface area contributed by atoms with E-state index in [0.29, 0.717) is 33.3 Å². The molecule has 1 N–H and O–H groups in total. The van der Waals surface area contributed by atoms with E-state index in [9.17, 15) is 5.26 Å². The molecule has 6 rings (SSSR count). The maximum absolute atomic E-state index is 9.19. The quantitative estimate of drug-likeness (QED) is 0.638. The summed E-state index contributed by atoms with van der Waals surface area (Å²) < 4.78 is 6.14. The van der Waals surface area contributed by atoms with Crippen molar-refractivity contribution in [3.8, 4) is 11.9 Å². The number of rotatable bonds is 4. The summed E-state index contributed by atoms with van der Waals surface area (Å²) in [6, 6.07) is 12.5. The molecule has 0 bridgehead atoms. The molecule has 8 heteroatoms. The molecule has 1 atom stereocenters. The first-order valence-electron chi connectivity index (χ1n) is 13.4. The SMILES string of the molecule is C[C@H]1CC2(CCN(c3ccc(OC4CC5(CCNCC5)C4)nn3)CC2)CN1c1ccc(C#N)c(Cl)c1. The highest BCUT2D eigenvalue weighted by Crippen LogP contribution is 2.49. The maximum Gasteiger partial charge on any atom is 0.233 e. The third-order valence-corrected chi connectivity index (χ3v) is 9.53. The highest BCUT2D eigenvalue weighted by atomic mass is 35.5. The lowest BCUT2D eigenvalue weighted by Crippen LogP contribution is -2.49. The van der Waals surface area contributed by atoms with Crippen molar-refractivity contribution in [3.05, 3.63) is 40.9 Å². The summed E-state index contributed by atoms with van der Waals surface area (Å²) in [6.45, 7) is 7.58. The van der Waals surface area contributed by atoms with Crippen LogP contribution in [0.25, 0.3) is 0 Å². The van der Waals surface area contributed by atoms with Crippen molar-refractivity contribution in [2.45, 2.75) is 64.0 Å². The second-order valence-electron chi connectivity index (χ2n) is 11.6. The van der Waals surface area contributed by atoms with Gasteiger partial charge in [-0.2, -0.15) is 5.26 Å². The van der Waals surface area contributed by atoms with Gasteiger partial charge in [-0.1, -0.05) is 11.6 Å². The fraction of sp³-hybridized carbons (Fsp3) is 0.607. The van der Waals surface area contributed by atoms with Gasteiger partial charge in [-0.15, -0.1) is 10.2 Å². The molecule has 0 amide bonds. The average Bonchev–Trinajstić information content (AvgIpc) is 3.20. The molecule has 1 aromatic carbocycles. The first-order valence-corrected chi connectivity index (χ1v) is 13.8. The van der Waals surface area contributed by atoms with Gasteiger partial charge < -0.3 is 19.9 Å². The molecule has 1 saturated carbocycles. The van der Waals surface area contributed by atoms with E-state index in [1.165, 1.54) is 19.3 Å². The van der Waals surface area contributed by atoms with Crippen LogP contribution < -0.4 is 19.9 Å². The third-order valence-electron chi connectivity index (χ3n) is 9.22. The Labute approximate surface area is 218 Å². The molecular formula is C28H35ClN6O. The van der Waals surface area contributed by atoms with E-state index in [0.717, 1.165) is 69.9 Å². The van der Waals surface area contributed by atoms with Gasteiger partial charge in [-0.25, -0.2) is 0 Å². The lowest BCUT2D eigenvalue weighted by atomic mass is 9.62. The third kappa shape index (κ3) is 4.50. The van der Waals surface area contributed by atoms with Gasteiger partial charge in [-0.3, -0.25) is 0 Å². The second kappa shape index (κ2) is 9.39. The summed E-state index contributed by atoms with van der Waals surface area (Å²) in [5.74, 6) is 1.60. The minimum Gasteiger partial charge on any atom is -0.473 e. The molecule has 3 saturated heterocycles. The number of nitrogens with zero attached hydrogens (tertiary/aromatic N) is 5. The van der Waals surface area contributed by atoms with Crippen molar-refractivity contribution in [1.82, 2.24) is 15.5 Å². The van der Waals surface area contributed by atoms with E-state index < -0.39 is 0 Å². The van der Waals surface area contributed by atoms with Gasteiger partial charge in [0.2, 0.25) is 5.88 Å². The zero-order chi connectivity index (χ0) is 24.8. The van der Waals surface area contributed by atoms with Crippen LogP contribution in [-0.2, 0) is 0 Å². The highest BCUT2D eigenvalue weighted by molar-refractivity contribution is 6.32. The van der Waals surface area contributed by atoms with Gasteiger partial charge in [0, 0.05) is 37.4 Å². The van der Waals surface area contributed by atoms with E-state index >= 15 is 0 Å². The number of hydrogen-bond acceptors (Lipinski definition) is 7. The Morgan fingerprint density at radius 2 is 1.81 bits per heavy atom. The molecule has 36 heavy (non-hydrogen) atoms. The molecule has 2 spiro atoms. The fourth-order valence-corrected chi connectivity index (χ4v) is 7.30. The molecule has 4 aliphatic rings. The topological polar surface area (TPSA) is 77.3 Å². The summed E-state index contributed by atoms with van der Waals surface area (Å²) in [6.07, 6.45) is 8.57. The first-order chi connectivity index (χ1) is 17.5. The monoisotopic (exact) mass is 506 g/mol. The van der Waals surface area contributed by atoms with Crippen molar-refractivity contribution in [3.63, 3.8) is 0 Å². The van der Waals surface area contributed by atoms with E-state index in [1.54, 1.807) is 0 Å². The molecule has 7 nitrogen and oxygen atoms in total. The normalized spacial score (nSPS) is 25.1. The number of hydrogen-bond donors (Lipinski definition) is 1. The van der Waals surface area contributed by atoms with Crippen LogP contribution in [0.4, 0.5) is 11.5 Å². The minimum absolute atomic E-state index is 0.288. The van der Waals surface area contributed by atoms with Crippen molar-refractivity contribution < 1.29 is 4.74 Å². The molecule has 1 aromatic heterocycles. The summed E-state index contributed by atoms with van der Waals surface area (Å²) >= 11 is 6.32. The smallest absolute Gasteiger partial charge is 0.233 e. The van der Waals surface area contributed by atoms with E-state index in [4.69, 9.17) is 16.3 Å². The predicted molar refractivity (Wildman–Crippen MR) is 142 cm³/mol. The van der Waals surface area contributed by atoms with Gasteiger partial charge in [0.15, 0.2) is 5.82 Å². The second-order valence-corrected chi connectivity index (χ2v) is 12.0. The fourth-order valence-electron chi connectivity index (χ4n) is 7.08. The standard InChI is InChI=1S/C28H35ClN6O/c1-20-15-28(19-35(20)22-3-2-21(18-30)24(29)14-22)8-12-34(13-9-28)25-4-5-26(33-32-25)36-23-16-27(17-23)6-10-31-11-7-27/h2-5,14,20,23,31H,6-13,15-17,19H2,1H3/t20-/m0/s1. The number of benzene rings is 1. The molecule has 190 valence electrons. The van der Waals surface area contributed by atoms with E-state index in [2.05, 4.69) is 44.4 Å². The Balaban J connectivity index is 1.03. The Hall–Kier alpha value is -2.56. The van der Waals surface area contributed by atoms with Crippen LogP contribution in [-0.4, -0.2) is 55.1 Å². The number of anilines is 2. The van der Waals surface area contributed by atoms with Gasteiger partial charge >= 0.3 is 0 Å². The molecule has 4 fully saturated rings. The van der Waals surface area contributed by atoms with Gasteiger partial charge in [0.25, 0.3) is 0 Å². The van der Waals surface area contributed by atoms with Crippen LogP contribution in [0, 0.1) is 22.2 Å². The van der Waals surface area contributed by atoms with E-state index in [1.807, 2.05) is 24.3 Å². The molecule has 3 aliphatic heterocycles. The lowest BCUT2D eigenvalue weighted by molar-refractivity contribution is -0.0371. The summed E-state index contributed by atoms with van der Waals surface area (Å²) in [5.41, 5.74) is 2.46. The number of aromatic nitrogens is 2. The van der Waals surface area contributed by atoms with Crippen LogP contribution in [0.1, 0.15) is 57.4 Å².